The zero-order valence-electron chi connectivity index (χ0n) is 10.5. The van der Waals surface area contributed by atoms with Crippen LogP contribution in [0, 0.1) is 3.57 Å². The van der Waals surface area contributed by atoms with Gasteiger partial charge in [-0.1, -0.05) is 5.16 Å². The summed E-state index contributed by atoms with van der Waals surface area (Å²) in [5.74, 6) is 1.04. The van der Waals surface area contributed by atoms with Crippen LogP contribution in [0.1, 0.15) is 25.6 Å². The number of anilines is 1. The minimum atomic E-state index is -0.432. The number of aromatic nitrogens is 2. The molecule has 0 aliphatic carbocycles. The summed E-state index contributed by atoms with van der Waals surface area (Å²) < 4.78 is 12.1. The molecule has 3 rings (SSSR count). The van der Waals surface area contributed by atoms with E-state index in [0.717, 1.165) is 28.6 Å². The Labute approximate surface area is 124 Å². The Hall–Kier alpha value is -1.15. The number of rotatable bonds is 2. The topological polar surface area (TPSA) is 74.2 Å². The molecule has 0 bridgehead atoms. The first-order chi connectivity index (χ1) is 9.08. The maximum atomic E-state index is 5.95. The minimum absolute atomic E-state index is 0.432. The van der Waals surface area contributed by atoms with Crippen molar-refractivity contribution in [2.24, 2.45) is 0 Å². The summed E-state index contributed by atoms with van der Waals surface area (Å²) in [6.45, 7) is 2.73. The van der Waals surface area contributed by atoms with Gasteiger partial charge in [0, 0.05) is 15.9 Å². The number of hydrogen-bond acceptors (Lipinski definition) is 5. The Morgan fingerprint density at radius 1 is 1.42 bits per heavy atom. The summed E-state index contributed by atoms with van der Waals surface area (Å²) in [5, 5.41) is 4.05. The highest BCUT2D eigenvalue weighted by Gasteiger charge is 2.36. The van der Waals surface area contributed by atoms with Crippen molar-refractivity contribution < 1.29 is 9.26 Å². The van der Waals surface area contributed by atoms with Crippen molar-refractivity contribution in [2.45, 2.75) is 25.4 Å². The average Bonchev–Trinajstić information content (AvgIpc) is 3.02. The lowest BCUT2D eigenvalue weighted by Crippen LogP contribution is -2.21. The minimum Gasteiger partial charge on any atom is -0.398 e. The van der Waals surface area contributed by atoms with Gasteiger partial charge in [0.05, 0.1) is 5.56 Å². The summed E-state index contributed by atoms with van der Waals surface area (Å²) in [5.41, 5.74) is 6.93. The third kappa shape index (κ3) is 2.34. The van der Waals surface area contributed by atoms with Gasteiger partial charge in [-0.05, 0) is 60.6 Å². The van der Waals surface area contributed by atoms with Gasteiger partial charge in [0.2, 0.25) is 5.82 Å². The molecule has 1 fully saturated rings. The Balaban J connectivity index is 1.99. The van der Waals surface area contributed by atoms with Crippen LogP contribution in [-0.2, 0) is 10.3 Å². The van der Waals surface area contributed by atoms with Crippen molar-refractivity contribution in [2.75, 3.05) is 12.3 Å². The van der Waals surface area contributed by atoms with E-state index in [4.69, 9.17) is 15.0 Å². The Morgan fingerprint density at radius 2 is 2.26 bits per heavy atom. The number of nitrogen functional groups attached to an aromatic ring is 1. The molecular weight excluding hydrogens is 357 g/mol. The molecule has 2 heterocycles. The highest BCUT2D eigenvalue weighted by molar-refractivity contribution is 14.1. The molecular formula is C13H14IN3O2. The second-order valence-corrected chi connectivity index (χ2v) is 6.08. The van der Waals surface area contributed by atoms with Crippen LogP contribution < -0.4 is 5.73 Å². The number of halogens is 1. The number of hydrogen-bond donors (Lipinski definition) is 1. The van der Waals surface area contributed by atoms with Crippen LogP contribution in [0.3, 0.4) is 0 Å². The fraction of sp³-hybridized carbons (Fsp3) is 0.385. The van der Waals surface area contributed by atoms with E-state index in [-0.39, 0.29) is 0 Å². The predicted molar refractivity (Wildman–Crippen MR) is 79.4 cm³/mol. The molecule has 1 aromatic carbocycles. The summed E-state index contributed by atoms with van der Waals surface area (Å²) in [6.07, 6.45) is 1.93. The molecule has 2 aromatic rings. The average molecular weight is 371 g/mol. The van der Waals surface area contributed by atoms with Crippen molar-refractivity contribution >= 4 is 28.3 Å². The molecule has 2 N–H and O–H groups in total. The van der Waals surface area contributed by atoms with Gasteiger partial charge in [0.1, 0.15) is 5.60 Å². The number of benzene rings is 1. The van der Waals surface area contributed by atoms with Crippen molar-refractivity contribution in [1.82, 2.24) is 10.1 Å². The molecule has 0 spiro atoms. The monoisotopic (exact) mass is 371 g/mol. The Bertz CT molecular complexity index is 606. The van der Waals surface area contributed by atoms with Gasteiger partial charge >= 0.3 is 0 Å². The smallest absolute Gasteiger partial charge is 0.260 e. The van der Waals surface area contributed by atoms with Crippen molar-refractivity contribution in [3.63, 3.8) is 0 Å². The predicted octanol–water partition coefficient (Wildman–Crippen LogP) is 2.95. The Morgan fingerprint density at radius 3 is 3.00 bits per heavy atom. The molecule has 0 amide bonds. The van der Waals surface area contributed by atoms with Crippen LogP contribution >= 0.6 is 22.6 Å². The molecule has 6 heteroatoms. The highest BCUT2D eigenvalue weighted by atomic mass is 127. The van der Waals surface area contributed by atoms with Crippen LogP contribution in [0.2, 0.25) is 0 Å². The maximum absolute atomic E-state index is 5.95. The first kappa shape index (κ1) is 12.9. The lowest BCUT2D eigenvalue weighted by atomic mass is 10.0. The number of nitrogens with two attached hydrogens (primary N) is 1. The van der Waals surface area contributed by atoms with E-state index in [1.165, 1.54) is 0 Å². The molecule has 19 heavy (non-hydrogen) atoms. The van der Waals surface area contributed by atoms with Crippen LogP contribution in [0.4, 0.5) is 5.69 Å². The number of nitrogens with zero attached hydrogens (tertiary/aromatic N) is 2. The Kier molecular flexibility index (Phi) is 3.22. The summed E-state index contributed by atoms with van der Waals surface area (Å²) in [4.78, 5) is 4.45. The standard InChI is InChI=1S/C13H14IN3O2/c1-13(5-2-6-18-13)12-16-11(19-17-12)9-7-8(14)3-4-10(9)15/h3-4,7H,2,5-6,15H2,1H3. The molecule has 1 unspecified atom stereocenters. The molecule has 1 aliphatic heterocycles. The van der Waals surface area contributed by atoms with E-state index < -0.39 is 5.60 Å². The largest absolute Gasteiger partial charge is 0.398 e. The van der Waals surface area contributed by atoms with E-state index >= 15 is 0 Å². The van der Waals surface area contributed by atoms with E-state index in [2.05, 4.69) is 32.7 Å². The van der Waals surface area contributed by atoms with Gasteiger partial charge in [-0.2, -0.15) is 4.98 Å². The van der Waals surface area contributed by atoms with Gasteiger partial charge in [-0.25, -0.2) is 0 Å². The molecule has 1 aromatic heterocycles. The van der Waals surface area contributed by atoms with Gasteiger partial charge in [-0.15, -0.1) is 0 Å². The van der Waals surface area contributed by atoms with Crippen LogP contribution in [0.15, 0.2) is 22.7 Å². The zero-order chi connectivity index (χ0) is 13.5. The molecule has 5 nitrogen and oxygen atoms in total. The van der Waals surface area contributed by atoms with Crippen molar-refractivity contribution in [3.05, 3.63) is 27.6 Å². The van der Waals surface area contributed by atoms with Crippen LogP contribution in [0.25, 0.3) is 11.5 Å². The first-order valence-corrected chi connectivity index (χ1v) is 7.20. The fourth-order valence-corrected chi connectivity index (χ4v) is 2.71. The molecule has 0 saturated carbocycles. The summed E-state index contributed by atoms with van der Waals surface area (Å²) in [7, 11) is 0. The van der Waals surface area contributed by atoms with Crippen LogP contribution in [-0.4, -0.2) is 16.7 Å². The molecule has 0 radical (unpaired) electrons. The third-order valence-corrected chi connectivity index (χ3v) is 4.03. The SMILES string of the molecule is CC1(c2noc(-c3cc(I)ccc3N)n2)CCCO1. The fourth-order valence-electron chi connectivity index (χ4n) is 2.22. The summed E-state index contributed by atoms with van der Waals surface area (Å²) in [6, 6.07) is 5.72. The van der Waals surface area contributed by atoms with E-state index in [0.29, 0.717) is 17.4 Å². The molecule has 1 atom stereocenters. The lowest BCUT2D eigenvalue weighted by molar-refractivity contribution is 0.00768. The molecule has 100 valence electrons. The highest BCUT2D eigenvalue weighted by Crippen LogP contribution is 2.35. The van der Waals surface area contributed by atoms with E-state index in [1.807, 2.05) is 25.1 Å². The van der Waals surface area contributed by atoms with E-state index in [1.54, 1.807) is 0 Å². The van der Waals surface area contributed by atoms with E-state index in [9.17, 15) is 0 Å². The lowest BCUT2D eigenvalue weighted by Gasteiger charge is -2.17. The van der Waals surface area contributed by atoms with Crippen LogP contribution in [0.5, 0.6) is 0 Å². The van der Waals surface area contributed by atoms with Gasteiger partial charge in [-0.3, -0.25) is 0 Å². The quantitative estimate of drug-likeness (QED) is 0.649. The van der Waals surface area contributed by atoms with Gasteiger partial charge in [0.25, 0.3) is 5.89 Å². The molecule has 1 aliphatic rings. The van der Waals surface area contributed by atoms with Crippen molar-refractivity contribution in [3.8, 4) is 11.5 Å². The normalized spacial score (nSPS) is 22.8. The zero-order valence-corrected chi connectivity index (χ0v) is 12.7. The number of ether oxygens (including phenoxy) is 1. The second-order valence-electron chi connectivity index (χ2n) is 4.84. The first-order valence-electron chi connectivity index (χ1n) is 6.12. The van der Waals surface area contributed by atoms with Gasteiger partial charge in [0.15, 0.2) is 0 Å². The maximum Gasteiger partial charge on any atom is 0.260 e. The summed E-state index contributed by atoms with van der Waals surface area (Å²) >= 11 is 2.23. The van der Waals surface area contributed by atoms with Gasteiger partial charge < -0.3 is 15.0 Å². The second kappa shape index (κ2) is 4.75. The molecule has 1 saturated heterocycles. The third-order valence-electron chi connectivity index (χ3n) is 3.36. The van der Waals surface area contributed by atoms with Crippen molar-refractivity contribution in [1.29, 1.82) is 0 Å².